The summed E-state index contributed by atoms with van der Waals surface area (Å²) in [5.41, 5.74) is 7.28. The average molecular weight is 235 g/mol. The molecule has 1 aromatic rings. The van der Waals surface area contributed by atoms with E-state index in [-0.39, 0.29) is 11.9 Å². The second-order valence-corrected chi connectivity index (χ2v) is 4.27. The average Bonchev–Trinajstić information content (AvgIpc) is 2.28. The summed E-state index contributed by atoms with van der Waals surface area (Å²) in [6.45, 7) is 5.48. The number of likely N-dealkylation sites (N-methyl/N-ethyl adjacent to an activating group) is 1. The van der Waals surface area contributed by atoms with Crippen LogP contribution in [0, 0.1) is 5.41 Å². The zero-order valence-electron chi connectivity index (χ0n) is 10.7. The van der Waals surface area contributed by atoms with Crippen LogP contribution in [0.2, 0.25) is 0 Å². The lowest BCUT2D eigenvalue weighted by Crippen LogP contribution is -2.26. The van der Waals surface area contributed by atoms with Gasteiger partial charge in [0.1, 0.15) is 5.84 Å². The summed E-state index contributed by atoms with van der Waals surface area (Å²) in [6, 6.07) is 7.66. The highest BCUT2D eigenvalue weighted by Gasteiger charge is 2.08. The van der Waals surface area contributed by atoms with Crippen LogP contribution in [0.15, 0.2) is 24.3 Å². The Balaban J connectivity index is 2.68. The first kappa shape index (κ1) is 13.5. The lowest BCUT2D eigenvalue weighted by Gasteiger charge is -2.22. The molecule has 0 bridgehead atoms. The fraction of sp³-hybridized carbons (Fsp3) is 0.462. The summed E-state index contributed by atoms with van der Waals surface area (Å²) in [7, 11) is 1.98. The van der Waals surface area contributed by atoms with Crippen LogP contribution in [-0.4, -0.2) is 32.1 Å². The first-order valence-corrected chi connectivity index (χ1v) is 5.78. The molecule has 0 heterocycles. The topological polar surface area (TPSA) is 62.3 Å². The zero-order chi connectivity index (χ0) is 12.8. The molecule has 94 valence electrons. The molecule has 0 spiro atoms. The third-order valence-corrected chi connectivity index (χ3v) is 2.48. The molecule has 0 saturated heterocycles. The lowest BCUT2D eigenvalue weighted by molar-refractivity contribution is 0.0846. The number of benzene rings is 1. The predicted molar refractivity (Wildman–Crippen MR) is 71.8 cm³/mol. The van der Waals surface area contributed by atoms with Crippen LogP contribution in [0.25, 0.3) is 0 Å². The number of ether oxygens (including phenoxy) is 1. The van der Waals surface area contributed by atoms with Crippen molar-refractivity contribution in [3.05, 3.63) is 29.8 Å². The minimum absolute atomic E-state index is 0.0947. The van der Waals surface area contributed by atoms with Crippen molar-refractivity contribution in [3.63, 3.8) is 0 Å². The highest BCUT2D eigenvalue weighted by atomic mass is 16.5. The van der Waals surface area contributed by atoms with Crippen molar-refractivity contribution in [1.29, 1.82) is 5.41 Å². The van der Waals surface area contributed by atoms with Crippen molar-refractivity contribution in [3.8, 4) is 0 Å². The van der Waals surface area contributed by atoms with Crippen LogP contribution in [0.3, 0.4) is 0 Å². The van der Waals surface area contributed by atoms with E-state index in [1.807, 2.05) is 45.2 Å². The number of nitrogens with two attached hydrogens (primary N) is 1. The number of nitrogens with one attached hydrogen (secondary N) is 1. The molecule has 0 aliphatic carbocycles. The fourth-order valence-electron chi connectivity index (χ4n) is 1.58. The van der Waals surface area contributed by atoms with Gasteiger partial charge in [0.25, 0.3) is 0 Å². The largest absolute Gasteiger partial charge is 0.384 e. The molecular formula is C13H21N3O. The highest BCUT2D eigenvalue weighted by molar-refractivity contribution is 6.00. The fourth-order valence-corrected chi connectivity index (χ4v) is 1.58. The molecule has 0 aliphatic heterocycles. The smallest absolute Gasteiger partial charge is 0.124 e. The van der Waals surface area contributed by atoms with E-state index < -0.39 is 0 Å². The van der Waals surface area contributed by atoms with E-state index in [9.17, 15) is 0 Å². The van der Waals surface area contributed by atoms with Gasteiger partial charge in [-0.05, 0) is 26.0 Å². The first-order chi connectivity index (χ1) is 8.02. The first-order valence-electron chi connectivity index (χ1n) is 5.78. The Morgan fingerprint density at radius 2 is 2.06 bits per heavy atom. The molecule has 0 aliphatic rings. The zero-order valence-corrected chi connectivity index (χ0v) is 10.7. The van der Waals surface area contributed by atoms with Crippen LogP contribution in [0.5, 0.6) is 0 Å². The van der Waals surface area contributed by atoms with E-state index in [0.717, 1.165) is 17.8 Å². The summed E-state index contributed by atoms with van der Waals surface area (Å²) >= 11 is 0. The second kappa shape index (κ2) is 6.25. The van der Waals surface area contributed by atoms with Gasteiger partial charge >= 0.3 is 0 Å². The number of rotatable bonds is 6. The van der Waals surface area contributed by atoms with Gasteiger partial charge in [-0.3, -0.25) is 5.41 Å². The summed E-state index contributed by atoms with van der Waals surface area (Å²) in [5.74, 6) is 0.0947. The normalized spacial score (nSPS) is 10.6. The SMILES string of the molecule is CC(C)OCCN(C)c1ccccc1C(=N)N. The minimum atomic E-state index is 0.0947. The molecule has 0 radical (unpaired) electrons. The van der Waals surface area contributed by atoms with Gasteiger partial charge < -0.3 is 15.4 Å². The van der Waals surface area contributed by atoms with Gasteiger partial charge in [-0.1, -0.05) is 12.1 Å². The van der Waals surface area contributed by atoms with E-state index in [1.165, 1.54) is 0 Å². The van der Waals surface area contributed by atoms with Gasteiger partial charge in [0, 0.05) is 24.8 Å². The lowest BCUT2D eigenvalue weighted by atomic mass is 10.1. The maximum absolute atomic E-state index is 7.53. The van der Waals surface area contributed by atoms with Crippen molar-refractivity contribution >= 4 is 11.5 Å². The summed E-state index contributed by atoms with van der Waals surface area (Å²) in [5, 5.41) is 7.53. The van der Waals surface area contributed by atoms with Crippen molar-refractivity contribution < 1.29 is 4.74 Å². The van der Waals surface area contributed by atoms with Crippen molar-refractivity contribution in [2.24, 2.45) is 5.73 Å². The summed E-state index contributed by atoms with van der Waals surface area (Å²) in [6.07, 6.45) is 0.242. The van der Waals surface area contributed by atoms with E-state index in [4.69, 9.17) is 15.9 Å². The standard InChI is InChI=1S/C13H21N3O/c1-10(2)17-9-8-16(3)12-7-5-4-6-11(12)13(14)15/h4-7,10H,8-9H2,1-3H3,(H3,14,15). The molecule has 0 amide bonds. The number of anilines is 1. The van der Waals surface area contributed by atoms with Crippen molar-refractivity contribution in [2.75, 3.05) is 25.1 Å². The van der Waals surface area contributed by atoms with E-state index in [0.29, 0.717) is 6.61 Å². The van der Waals surface area contributed by atoms with E-state index in [2.05, 4.69) is 4.90 Å². The van der Waals surface area contributed by atoms with Crippen molar-refractivity contribution in [2.45, 2.75) is 20.0 Å². The Morgan fingerprint density at radius 3 is 2.65 bits per heavy atom. The van der Waals surface area contributed by atoms with Gasteiger partial charge in [0.05, 0.1) is 12.7 Å². The number of nitrogen functional groups attached to an aromatic ring is 1. The predicted octanol–water partition coefficient (Wildman–Crippen LogP) is 1.83. The number of hydrogen-bond donors (Lipinski definition) is 2. The van der Waals surface area contributed by atoms with Gasteiger partial charge in [-0.2, -0.15) is 0 Å². The molecule has 4 nitrogen and oxygen atoms in total. The molecule has 3 N–H and O–H groups in total. The molecular weight excluding hydrogens is 214 g/mol. The van der Waals surface area contributed by atoms with Gasteiger partial charge in [0.2, 0.25) is 0 Å². The third kappa shape index (κ3) is 4.07. The third-order valence-electron chi connectivity index (χ3n) is 2.48. The molecule has 0 atom stereocenters. The Labute approximate surface area is 103 Å². The highest BCUT2D eigenvalue weighted by Crippen LogP contribution is 2.18. The number of hydrogen-bond acceptors (Lipinski definition) is 3. The van der Waals surface area contributed by atoms with Crippen LogP contribution < -0.4 is 10.6 Å². The molecule has 1 rings (SSSR count). The van der Waals surface area contributed by atoms with Gasteiger partial charge in [0.15, 0.2) is 0 Å². The van der Waals surface area contributed by atoms with Crippen LogP contribution in [0.4, 0.5) is 5.69 Å². The van der Waals surface area contributed by atoms with Gasteiger partial charge in [-0.25, -0.2) is 0 Å². The van der Waals surface area contributed by atoms with Crippen LogP contribution >= 0.6 is 0 Å². The van der Waals surface area contributed by atoms with Crippen molar-refractivity contribution in [1.82, 2.24) is 0 Å². The van der Waals surface area contributed by atoms with Crippen LogP contribution in [0.1, 0.15) is 19.4 Å². The molecule has 4 heteroatoms. The van der Waals surface area contributed by atoms with Gasteiger partial charge in [-0.15, -0.1) is 0 Å². The minimum Gasteiger partial charge on any atom is -0.384 e. The Morgan fingerprint density at radius 1 is 1.41 bits per heavy atom. The maximum atomic E-state index is 7.53. The summed E-state index contributed by atoms with van der Waals surface area (Å²) < 4.78 is 5.51. The second-order valence-electron chi connectivity index (χ2n) is 4.27. The Kier molecular flexibility index (Phi) is 4.97. The molecule has 0 unspecified atom stereocenters. The number of amidine groups is 1. The van der Waals surface area contributed by atoms with E-state index in [1.54, 1.807) is 0 Å². The monoisotopic (exact) mass is 235 g/mol. The molecule has 1 aromatic carbocycles. The molecule has 0 aromatic heterocycles. The molecule has 0 saturated carbocycles. The van der Waals surface area contributed by atoms with Crippen LogP contribution in [-0.2, 0) is 4.74 Å². The number of para-hydroxylation sites is 1. The molecule has 17 heavy (non-hydrogen) atoms. The Bertz CT molecular complexity index is 377. The Hall–Kier alpha value is -1.55. The quantitative estimate of drug-likeness (QED) is 0.584. The molecule has 0 fully saturated rings. The summed E-state index contributed by atoms with van der Waals surface area (Å²) in [4.78, 5) is 2.05. The maximum Gasteiger partial charge on any atom is 0.124 e. The number of nitrogens with zero attached hydrogens (tertiary/aromatic N) is 1. The van der Waals surface area contributed by atoms with E-state index >= 15 is 0 Å².